The van der Waals surface area contributed by atoms with E-state index >= 15 is 0 Å². The molecule has 0 spiro atoms. The zero-order valence-electron chi connectivity index (χ0n) is 15.3. The van der Waals surface area contributed by atoms with Gasteiger partial charge in [-0.3, -0.25) is 0 Å². The highest BCUT2D eigenvalue weighted by Gasteiger charge is 2.27. The van der Waals surface area contributed by atoms with E-state index in [0.29, 0.717) is 0 Å². The quantitative estimate of drug-likeness (QED) is 0.701. The lowest BCUT2D eigenvalue weighted by molar-refractivity contribution is 0.00717. The molecule has 0 fully saturated rings. The maximum atomic E-state index is 6.24. The lowest BCUT2D eigenvalue weighted by atomic mass is 9.87. The fraction of sp³-hybridized carbons (Fsp3) is 0.333. The summed E-state index contributed by atoms with van der Waals surface area (Å²) < 4.78 is 6.24. The van der Waals surface area contributed by atoms with Crippen LogP contribution in [-0.2, 0) is 11.2 Å². The molecule has 2 aromatic carbocycles. The van der Waals surface area contributed by atoms with Gasteiger partial charge in [-0.05, 0) is 25.0 Å². The van der Waals surface area contributed by atoms with Gasteiger partial charge in [0.2, 0.25) is 0 Å². The molecule has 1 aromatic heterocycles. The summed E-state index contributed by atoms with van der Waals surface area (Å²) in [6.45, 7) is 8.16. The molecule has 0 saturated carbocycles. The Labute approximate surface area is 149 Å². The predicted molar refractivity (Wildman–Crippen MR) is 101 cm³/mol. The van der Waals surface area contributed by atoms with E-state index in [1.54, 1.807) is 0 Å². The third-order valence-electron chi connectivity index (χ3n) is 4.22. The third kappa shape index (κ3) is 3.35. The van der Waals surface area contributed by atoms with Crippen LogP contribution in [0.1, 0.15) is 44.9 Å². The van der Waals surface area contributed by atoms with Gasteiger partial charge in [0.1, 0.15) is 11.4 Å². The standard InChI is InChI=1S/C19H19N3O.C2H6/c1-12(2)23-17-11-13-7-3-4-8-14(13)18-19(21-22-20-18)16-10-6-5-9-15(16)17;1-2/h3-10,12,17H,11H2,1-2H3,(H,20,21,22);1-2H3. The zero-order chi connectivity index (χ0) is 17.8. The van der Waals surface area contributed by atoms with E-state index in [-0.39, 0.29) is 12.2 Å². The fourth-order valence-electron chi connectivity index (χ4n) is 3.29. The van der Waals surface area contributed by atoms with Crippen molar-refractivity contribution in [1.29, 1.82) is 0 Å². The van der Waals surface area contributed by atoms with Crippen LogP contribution >= 0.6 is 0 Å². The van der Waals surface area contributed by atoms with E-state index in [0.717, 1.165) is 28.9 Å². The van der Waals surface area contributed by atoms with Crippen LogP contribution in [0.25, 0.3) is 22.5 Å². The highest BCUT2D eigenvalue weighted by molar-refractivity contribution is 5.81. The maximum Gasteiger partial charge on any atom is 0.121 e. The second kappa shape index (κ2) is 7.62. The molecule has 0 aliphatic heterocycles. The Balaban J connectivity index is 0.000000880. The third-order valence-corrected chi connectivity index (χ3v) is 4.22. The first-order valence-electron chi connectivity index (χ1n) is 8.98. The number of nitrogens with zero attached hydrogens (tertiary/aromatic N) is 2. The number of ether oxygens (including phenoxy) is 1. The second-order valence-electron chi connectivity index (χ2n) is 6.14. The Hall–Kier alpha value is -2.46. The molecule has 0 radical (unpaired) electrons. The molecule has 1 N–H and O–H groups in total. The number of hydrogen-bond donors (Lipinski definition) is 1. The van der Waals surface area contributed by atoms with Crippen molar-refractivity contribution >= 4 is 0 Å². The molecule has 0 saturated heterocycles. The van der Waals surface area contributed by atoms with Gasteiger partial charge in [-0.2, -0.15) is 15.4 Å². The van der Waals surface area contributed by atoms with E-state index in [1.807, 2.05) is 26.0 Å². The molecule has 1 atom stereocenters. The molecule has 1 heterocycles. The zero-order valence-corrected chi connectivity index (χ0v) is 15.3. The molecule has 1 aliphatic rings. The number of aromatic amines is 1. The highest BCUT2D eigenvalue weighted by atomic mass is 16.5. The van der Waals surface area contributed by atoms with Crippen LogP contribution in [-0.4, -0.2) is 21.5 Å². The number of fused-ring (bicyclic) bond motifs is 5. The van der Waals surface area contributed by atoms with Crippen molar-refractivity contribution in [2.45, 2.75) is 46.3 Å². The number of H-pyrrole nitrogens is 1. The van der Waals surface area contributed by atoms with Crippen molar-refractivity contribution in [2.75, 3.05) is 0 Å². The van der Waals surface area contributed by atoms with E-state index in [2.05, 4.69) is 65.7 Å². The first-order valence-corrected chi connectivity index (χ1v) is 8.98. The van der Waals surface area contributed by atoms with Gasteiger partial charge in [0.15, 0.2) is 0 Å². The van der Waals surface area contributed by atoms with Crippen LogP contribution in [0.4, 0.5) is 0 Å². The summed E-state index contributed by atoms with van der Waals surface area (Å²) in [5.41, 5.74) is 6.44. The SMILES string of the molecule is CC.CC(C)OC1Cc2ccccc2-c2n[nH]nc2-c2ccccc21. The van der Waals surface area contributed by atoms with Gasteiger partial charge in [0.05, 0.1) is 12.2 Å². The molecule has 3 aromatic rings. The Kier molecular flexibility index (Phi) is 5.29. The molecular formula is C21H25N3O. The fourth-order valence-corrected chi connectivity index (χ4v) is 3.29. The molecule has 4 rings (SSSR count). The minimum absolute atomic E-state index is 0.0113. The van der Waals surface area contributed by atoms with Gasteiger partial charge < -0.3 is 4.74 Å². The van der Waals surface area contributed by atoms with Gasteiger partial charge in [0.25, 0.3) is 0 Å². The second-order valence-corrected chi connectivity index (χ2v) is 6.14. The van der Waals surface area contributed by atoms with Gasteiger partial charge in [-0.15, -0.1) is 0 Å². The van der Waals surface area contributed by atoms with Crippen LogP contribution < -0.4 is 0 Å². The van der Waals surface area contributed by atoms with Crippen LogP contribution in [0.3, 0.4) is 0 Å². The first kappa shape index (κ1) is 17.4. The van der Waals surface area contributed by atoms with E-state index in [9.17, 15) is 0 Å². The summed E-state index contributed by atoms with van der Waals surface area (Å²) in [4.78, 5) is 0. The van der Waals surface area contributed by atoms with Crippen molar-refractivity contribution in [3.8, 4) is 22.5 Å². The van der Waals surface area contributed by atoms with Crippen LogP contribution in [0.2, 0.25) is 0 Å². The van der Waals surface area contributed by atoms with E-state index in [4.69, 9.17) is 4.74 Å². The number of hydrogen-bond acceptors (Lipinski definition) is 3. The number of benzene rings is 2. The molecule has 0 amide bonds. The largest absolute Gasteiger partial charge is 0.371 e. The van der Waals surface area contributed by atoms with Crippen molar-refractivity contribution in [3.63, 3.8) is 0 Å². The van der Waals surface area contributed by atoms with Gasteiger partial charge in [0, 0.05) is 17.5 Å². The molecule has 1 aliphatic carbocycles. The van der Waals surface area contributed by atoms with Gasteiger partial charge in [-0.1, -0.05) is 62.4 Å². The Morgan fingerprint density at radius 1 is 0.920 bits per heavy atom. The van der Waals surface area contributed by atoms with E-state index < -0.39 is 0 Å². The molecule has 1 unspecified atom stereocenters. The summed E-state index contributed by atoms with van der Waals surface area (Å²) in [6, 6.07) is 16.7. The Bertz CT molecular complexity index is 838. The summed E-state index contributed by atoms with van der Waals surface area (Å²) in [6.07, 6.45) is 1.01. The van der Waals surface area contributed by atoms with Gasteiger partial charge >= 0.3 is 0 Å². The molecule has 130 valence electrons. The first-order chi connectivity index (χ1) is 12.2. The summed E-state index contributed by atoms with van der Waals surface area (Å²) >= 11 is 0. The van der Waals surface area contributed by atoms with Crippen molar-refractivity contribution in [2.24, 2.45) is 0 Å². The molecule has 4 heteroatoms. The number of aromatic nitrogens is 3. The molecule has 25 heavy (non-hydrogen) atoms. The summed E-state index contributed by atoms with van der Waals surface area (Å²) in [7, 11) is 0. The number of nitrogens with one attached hydrogen (secondary N) is 1. The van der Waals surface area contributed by atoms with Crippen molar-refractivity contribution < 1.29 is 4.74 Å². The Morgan fingerprint density at radius 2 is 1.52 bits per heavy atom. The summed E-state index contributed by atoms with van der Waals surface area (Å²) in [5.74, 6) is 0. The summed E-state index contributed by atoms with van der Waals surface area (Å²) in [5, 5.41) is 11.6. The minimum atomic E-state index is 0.0113. The minimum Gasteiger partial charge on any atom is -0.371 e. The van der Waals surface area contributed by atoms with Crippen LogP contribution in [0, 0.1) is 0 Å². The van der Waals surface area contributed by atoms with Gasteiger partial charge in [-0.25, -0.2) is 0 Å². The maximum absolute atomic E-state index is 6.24. The molecule has 0 bridgehead atoms. The van der Waals surface area contributed by atoms with Crippen LogP contribution in [0.15, 0.2) is 48.5 Å². The average molecular weight is 335 g/mol. The lowest BCUT2D eigenvalue weighted by Crippen LogP contribution is -2.16. The smallest absolute Gasteiger partial charge is 0.121 e. The average Bonchev–Trinajstić information content (AvgIpc) is 3.11. The predicted octanol–water partition coefficient (Wildman–Crippen LogP) is 5.19. The van der Waals surface area contributed by atoms with Crippen molar-refractivity contribution in [1.82, 2.24) is 15.4 Å². The molecular weight excluding hydrogens is 310 g/mol. The normalized spacial score (nSPS) is 15.2. The van der Waals surface area contributed by atoms with E-state index in [1.165, 1.54) is 11.1 Å². The monoisotopic (exact) mass is 335 g/mol. The molecule has 4 nitrogen and oxygen atoms in total. The topological polar surface area (TPSA) is 50.8 Å². The van der Waals surface area contributed by atoms with Crippen LogP contribution in [0.5, 0.6) is 0 Å². The van der Waals surface area contributed by atoms with Crippen molar-refractivity contribution in [3.05, 3.63) is 59.7 Å². The number of rotatable bonds is 2. The Morgan fingerprint density at radius 3 is 2.24 bits per heavy atom. The lowest BCUT2D eigenvalue weighted by Gasteiger charge is -2.26. The highest BCUT2D eigenvalue weighted by Crippen LogP contribution is 2.40.